The number of imidazole rings is 1. The van der Waals surface area contributed by atoms with Crippen molar-refractivity contribution in [1.82, 2.24) is 19.4 Å². The van der Waals surface area contributed by atoms with Gasteiger partial charge in [-0.15, -0.1) is 0 Å². The van der Waals surface area contributed by atoms with Gasteiger partial charge in [0.2, 0.25) is 5.91 Å². The fourth-order valence-electron chi connectivity index (χ4n) is 3.58. The predicted molar refractivity (Wildman–Crippen MR) is 112 cm³/mol. The summed E-state index contributed by atoms with van der Waals surface area (Å²) in [5.41, 5.74) is 2.88. The summed E-state index contributed by atoms with van der Waals surface area (Å²) in [5.74, 6) is -0.0528. The summed E-state index contributed by atoms with van der Waals surface area (Å²) in [6, 6.07) is 17.9. The summed E-state index contributed by atoms with van der Waals surface area (Å²) in [5, 5.41) is 3.02. The number of aryl methyl sites for hydroxylation is 2. The van der Waals surface area contributed by atoms with Crippen LogP contribution >= 0.6 is 0 Å². The summed E-state index contributed by atoms with van der Waals surface area (Å²) < 4.78 is 3.43. The van der Waals surface area contributed by atoms with Gasteiger partial charge in [0, 0.05) is 26.1 Å². The van der Waals surface area contributed by atoms with Crippen LogP contribution in [0.25, 0.3) is 11.0 Å². The molecule has 2 aromatic carbocycles. The topological polar surface area (TPSA) is 59.3 Å². The number of likely N-dealkylation sites (N-methyl/N-ethyl adjacent to an activating group) is 1. The fraction of sp³-hybridized carbons (Fsp3) is 0.364. The molecule has 0 aliphatic heterocycles. The molecule has 0 aliphatic rings. The molecule has 0 spiro atoms. The van der Waals surface area contributed by atoms with Gasteiger partial charge in [0.1, 0.15) is 0 Å². The molecule has 1 aromatic heterocycles. The first-order chi connectivity index (χ1) is 13.5. The minimum Gasteiger partial charge on any atom is -0.354 e. The standard InChI is InChI=1S/C22H28N4O2/c1-4-25-18-12-8-9-13-19(18)26(22(25)28)15-14-21(27)23-16-20(24(2)3)17-10-6-5-7-11-17/h5-13,20H,4,14-16H2,1-3H3,(H,23,27). The van der Waals surface area contributed by atoms with Gasteiger partial charge in [0.15, 0.2) is 0 Å². The third-order valence-corrected chi connectivity index (χ3v) is 5.10. The highest BCUT2D eigenvalue weighted by atomic mass is 16.2. The van der Waals surface area contributed by atoms with Crippen LogP contribution < -0.4 is 11.0 Å². The second-order valence-corrected chi connectivity index (χ2v) is 7.11. The quantitative estimate of drug-likeness (QED) is 0.654. The van der Waals surface area contributed by atoms with Crippen molar-refractivity contribution < 1.29 is 4.79 Å². The van der Waals surface area contributed by atoms with Crippen molar-refractivity contribution >= 4 is 16.9 Å². The number of benzene rings is 2. The Balaban J connectivity index is 1.66. The predicted octanol–water partition coefficient (Wildman–Crippen LogP) is 2.63. The first kappa shape index (κ1) is 19.9. The van der Waals surface area contributed by atoms with Gasteiger partial charge in [-0.1, -0.05) is 42.5 Å². The van der Waals surface area contributed by atoms with Crippen LogP contribution in [0.3, 0.4) is 0 Å². The van der Waals surface area contributed by atoms with E-state index >= 15 is 0 Å². The van der Waals surface area contributed by atoms with Gasteiger partial charge in [0.25, 0.3) is 0 Å². The average Bonchev–Trinajstić information content (AvgIpc) is 2.97. The normalized spacial score (nSPS) is 12.4. The lowest BCUT2D eigenvalue weighted by atomic mass is 10.1. The molecule has 1 atom stereocenters. The zero-order chi connectivity index (χ0) is 20.1. The van der Waals surface area contributed by atoms with Crippen LogP contribution in [0.1, 0.15) is 24.9 Å². The summed E-state index contributed by atoms with van der Waals surface area (Å²) >= 11 is 0. The van der Waals surface area contributed by atoms with Gasteiger partial charge >= 0.3 is 5.69 Å². The van der Waals surface area contributed by atoms with Crippen molar-refractivity contribution in [2.24, 2.45) is 0 Å². The fourth-order valence-corrected chi connectivity index (χ4v) is 3.58. The maximum absolute atomic E-state index is 12.7. The number of para-hydroxylation sites is 2. The van der Waals surface area contributed by atoms with E-state index in [4.69, 9.17) is 0 Å². The van der Waals surface area contributed by atoms with E-state index in [1.807, 2.05) is 63.5 Å². The molecule has 1 heterocycles. The molecule has 1 unspecified atom stereocenters. The lowest BCUT2D eigenvalue weighted by molar-refractivity contribution is -0.121. The molecule has 3 aromatic rings. The number of nitrogens with one attached hydrogen (secondary N) is 1. The first-order valence-electron chi connectivity index (χ1n) is 9.69. The van der Waals surface area contributed by atoms with Crippen LogP contribution in [0.2, 0.25) is 0 Å². The van der Waals surface area contributed by atoms with E-state index < -0.39 is 0 Å². The number of fused-ring (bicyclic) bond motifs is 1. The molecular weight excluding hydrogens is 352 g/mol. The molecule has 1 N–H and O–H groups in total. The third kappa shape index (κ3) is 4.17. The molecular formula is C22H28N4O2. The van der Waals surface area contributed by atoms with Gasteiger partial charge in [-0.2, -0.15) is 0 Å². The number of amides is 1. The van der Waals surface area contributed by atoms with Crippen LogP contribution in [0.4, 0.5) is 0 Å². The zero-order valence-corrected chi connectivity index (χ0v) is 16.8. The Morgan fingerprint density at radius 2 is 1.61 bits per heavy atom. The van der Waals surface area contributed by atoms with Crippen molar-refractivity contribution in [1.29, 1.82) is 0 Å². The molecule has 3 rings (SSSR count). The smallest absolute Gasteiger partial charge is 0.329 e. The molecule has 148 valence electrons. The van der Waals surface area contributed by atoms with Gasteiger partial charge in [-0.05, 0) is 38.7 Å². The molecule has 0 saturated heterocycles. The number of aromatic nitrogens is 2. The molecule has 6 heteroatoms. The highest BCUT2D eigenvalue weighted by Crippen LogP contribution is 2.17. The summed E-state index contributed by atoms with van der Waals surface area (Å²) in [6.45, 7) is 3.47. The van der Waals surface area contributed by atoms with Crippen molar-refractivity contribution in [2.75, 3.05) is 20.6 Å². The SMILES string of the molecule is CCn1c(=O)n(CCC(=O)NCC(c2ccccc2)N(C)C)c2ccccc21. The Morgan fingerprint density at radius 1 is 1.00 bits per heavy atom. The Bertz CT molecular complexity index is 989. The second kappa shape index (κ2) is 8.89. The Hall–Kier alpha value is -2.86. The molecule has 0 aliphatic carbocycles. The minimum absolute atomic E-state index is 0.0528. The summed E-state index contributed by atoms with van der Waals surface area (Å²) in [6.07, 6.45) is 0.270. The number of nitrogens with zero attached hydrogens (tertiary/aromatic N) is 3. The maximum atomic E-state index is 12.7. The van der Waals surface area contributed by atoms with Crippen LogP contribution in [0.5, 0.6) is 0 Å². The Labute approximate surface area is 165 Å². The highest BCUT2D eigenvalue weighted by Gasteiger charge is 2.16. The Kier molecular flexibility index (Phi) is 6.31. The van der Waals surface area contributed by atoms with Crippen LogP contribution in [0.15, 0.2) is 59.4 Å². The first-order valence-corrected chi connectivity index (χ1v) is 9.69. The number of carbonyl (C=O) groups excluding carboxylic acids is 1. The second-order valence-electron chi connectivity index (χ2n) is 7.11. The Morgan fingerprint density at radius 3 is 2.21 bits per heavy atom. The van der Waals surface area contributed by atoms with Gasteiger partial charge in [-0.25, -0.2) is 4.79 Å². The van der Waals surface area contributed by atoms with Crippen molar-refractivity contribution in [3.8, 4) is 0 Å². The van der Waals surface area contributed by atoms with Crippen molar-refractivity contribution in [3.05, 3.63) is 70.6 Å². The van der Waals surface area contributed by atoms with Crippen LogP contribution in [-0.2, 0) is 17.9 Å². The molecule has 0 radical (unpaired) electrons. The highest BCUT2D eigenvalue weighted by molar-refractivity contribution is 5.78. The molecule has 0 fully saturated rings. The van der Waals surface area contributed by atoms with Crippen molar-refractivity contribution in [3.63, 3.8) is 0 Å². The van der Waals surface area contributed by atoms with E-state index in [1.165, 1.54) is 0 Å². The number of hydrogen-bond acceptors (Lipinski definition) is 3. The maximum Gasteiger partial charge on any atom is 0.329 e. The molecule has 0 bridgehead atoms. The van der Waals surface area contributed by atoms with E-state index in [1.54, 1.807) is 9.13 Å². The number of carbonyl (C=O) groups is 1. The molecule has 28 heavy (non-hydrogen) atoms. The molecule has 1 amide bonds. The molecule has 6 nitrogen and oxygen atoms in total. The van der Waals surface area contributed by atoms with E-state index in [-0.39, 0.29) is 24.1 Å². The number of rotatable bonds is 8. The van der Waals surface area contributed by atoms with E-state index in [0.717, 1.165) is 16.6 Å². The van der Waals surface area contributed by atoms with Gasteiger partial charge in [0.05, 0.1) is 17.1 Å². The zero-order valence-electron chi connectivity index (χ0n) is 16.8. The lowest BCUT2D eigenvalue weighted by Crippen LogP contribution is -2.35. The van der Waals surface area contributed by atoms with E-state index in [2.05, 4.69) is 22.3 Å². The van der Waals surface area contributed by atoms with Gasteiger partial charge < -0.3 is 10.2 Å². The van der Waals surface area contributed by atoms with Crippen LogP contribution in [0, 0.1) is 0 Å². The third-order valence-electron chi connectivity index (χ3n) is 5.10. The van der Waals surface area contributed by atoms with Crippen molar-refractivity contribution in [2.45, 2.75) is 32.5 Å². The largest absolute Gasteiger partial charge is 0.354 e. The monoisotopic (exact) mass is 380 g/mol. The van der Waals surface area contributed by atoms with Crippen LogP contribution in [-0.4, -0.2) is 40.6 Å². The van der Waals surface area contributed by atoms with E-state index in [0.29, 0.717) is 19.6 Å². The number of hydrogen-bond donors (Lipinski definition) is 1. The molecule has 0 saturated carbocycles. The van der Waals surface area contributed by atoms with E-state index in [9.17, 15) is 9.59 Å². The average molecular weight is 380 g/mol. The van der Waals surface area contributed by atoms with Gasteiger partial charge in [-0.3, -0.25) is 13.9 Å². The lowest BCUT2D eigenvalue weighted by Gasteiger charge is -2.25. The summed E-state index contributed by atoms with van der Waals surface area (Å²) in [4.78, 5) is 27.2. The summed E-state index contributed by atoms with van der Waals surface area (Å²) in [7, 11) is 4.01. The minimum atomic E-state index is -0.0630.